The van der Waals surface area contributed by atoms with Gasteiger partial charge in [-0.25, -0.2) is 0 Å². The number of ether oxygens (including phenoxy) is 1. The van der Waals surface area contributed by atoms with Crippen LogP contribution in [0.3, 0.4) is 0 Å². The van der Waals surface area contributed by atoms with Crippen LogP contribution in [0.25, 0.3) is 0 Å². The molecule has 1 heteroatoms. The molecule has 0 atom stereocenters. The van der Waals surface area contributed by atoms with Gasteiger partial charge in [0, 0.05) is 0 Å². The summed E-state index contributed by atoms with van der Waals surface area (Å²) in [7, 11) is 0. The van der Waals surface area contributed by atoms with Gasteiger partial charge in [-0.1, -0.05) is 39.8 Å². The highest BCUT2D eigenvalue weighted by Gasteiger charge is 2.08. The standard InChI is InChI=1S/C20H26O/c1-13(2)19-11-17(9-7-15(19)5)21-18-10-8-16(6)20(12-18)14(3)4/h7-14H,1-6H3. The Balaban J connectivity index is 2.30. The molecule has 0 aromatic heterocycles. The van der Waals surface area contributed by atoms with Crippen LogP contribution in [0.1, 0.15) is 61.8 Å². The SMILES string of the molecule is Cc1ccc(Oc2ccc(C)c(C(C)C)c2)cc1C(C)C. The van der Waals surface area contributed by atoms with Gasteiger partial charge in [0.05, 0.1) is 0 Å². The molecular formula is C20H26O. The lowest BCUT2D eigenvalue weighted by Crippen LogP contribution is -1.95. The molecule has 0 spiro atoms. The van der Waals surface area contributed by atoms with E-state index in [9.17, 15) is 0 Å². The van der Waals surface area contributed by atoms with Gasteiger partial charge >= 0.3 is 0 Å². The van der Waals surface area contributed by atoms with Crippen LogP contribution in [-0.4, -0.2) is 0 Å². The predicted octanol–water partition coefficient (Wildman–Crippen LogP) is 6.34. The van der Waals surface area contributed by atoms with Crippen LogP contribution in [0.4, 0.5) is 0 Å². The Hall–Kier alpha value is -1.76. The summed E-state index contributed by atoms with van der Waals surface area (Å²) in [6, 6.07) is 12.7. The van der Waals surface area contributed by atoms with Crippen LogP contribution in [0.15, 0.2) is 36.4 Å². The maximum atomic E-state index is 6.07. The van der Waals surface area contributed by atoms with Crippen LogP contribution in [0.5, 0.6) is 11.5 Å². The van der Waals surface area contributed by atoms with Crippen molar-refractivity contribution < 1.29 is 4.74 Å². The van der Waals surface area contributed by atoms with E-state index in [0.717, 1.165) is 11.5 Å². The summed E-state index contributed by atoms with van der Waals surface area (Å²) in [5.41, 5.74) is 5.35. The first-order valence-corrected chi connectivity index (χ1v) is 7.77. The van der Waals surface area contributed by atoms with Crippen LogP contribution in [0, 0.1) is 13.8 Å². The average Bonchev–Trinajstić information content (AvgIpc) is 2.42. The van der Waals surface area contributed by atoms with Gasteiger partial charge < -0.3 is 4.74 Å². The minimum Gasteiger partial charge on any atom is -0.457 e. The Bertz CT molecular complexity index is 568. The summed E-state index contributed by atoms with van der Waals surface area (Å²) in [6.45, 7) is 13.2. The van der Waals surface area contributed by atoms with Crippen molar-refractivity contribution in [3.8, 4) is 11.5 Å². The Morgan fingerprint density at radius 3 is 1.38 bits per heavy atom. The largest absolute Gasteiger partial charge is 0.457 e. The number of benzene rings is 2. The van der Waals surface area contributed by atoms with E-state index >= 15 is 0 Å². The van der Waals surface area contributed by atoms with Crippen molar-refractivity contribution in [3.63, 3.8) is 0 Å². The molecule has 0 heterocycles. The second-order valence-corrected chi connectivity index (χ2v) is 6.45. The maximum absolute atomic E-state index is 6.07. The lowest BCUT2D eigenvalue weighted by Gasteiger charge is -2.15. The molecular weight excluding hydrogens is 256 g/mol. The lowest BCUT2D eigenvalue weighted by atomic mass is 9.97. The minimum atomic E-state index is 0.512. The Morgan fingerprint density at radius 2 is 1.05 bits per heavy atom. The number of aryl methyl sites for hydroxylation is 2. The number of rotatable bonds is 4. The summed E-state index contributed by atoms with van der Waals surface area (Å²) in [6.07, 6.45) is 0. The minimum absolute atomic E-state index is 0.512. The molecule has 21 heavy (non-hydrogen) atoms. The molecule has 0 unspecified atom stereocenters. The van der Waals surface area contributed by atoms with Crippen LogP contribution in [0.2, 0.25) is 0 Å². The molecule has 0 saturated heterocycles. The van der Waals surface area contributed by atoms with Crippen molar-refractivity contribution >= 4 is 0 Å². The third kappa shape index (κ3) is 3.66. The number of hydrogen-bond donors (Lipinski definition) is 0. The third-order valence-corrected chi connectivity index (χ3v) is 3.98. The normalized spacial score (nSPS) is 11.2. The zero-order chi connectivity index (χ0) is 15.6. The summed E-state index contributed by atoms with van der Waals surface area (Å²) >= 11 is 0. The van der Waals surface area contributed by atoms with Crippen molar-refractivity contribution in [3.05, 3.63) is 58.7 Å². The summed E-state index contributed by atoms with van der Waals surface area (Å²) in [5, 5.41) is 0. The van der Waals surface area contributed by atoms with Crippen LogP contribution in [-0.2, 0) is 0 Å². The van der Waals surface area contributed by atoms with E-state index in [1.54, 1.807) is 0 Å². The Kier molecular flexibility index (Phi) is 4.72. The van der Waals surface area contributed by atoms with Gasteiger partial charge in [0.1, 0.15) is 11.5 Å². The van der Waals surface area contributed by atoms with E-state index in [0.29, 0.717) is 11.8 Å². The fraction of sp³-hybridized carbons (Fsp3) is 0.400. The molecule has 112 valence electrons. The highest BCUT2D eigenvalue weighted by atomic mass is 16.5. The first-order chi connectivity index (χ1) is 9.88. The van der Waals surface area contributed by atoms with Gasteiger partial charge in [0.2, 0.25) is 0 Å². The average molecular weight is 282 g/mol. The van der Waals surface area contributed by atoms with Crippen molar-refractivity contribution in [1.82, 2.24) is 0 Å². The van der Waals surface area contributed by atoms with Gasteiger partial charge in [-0.15, -0.1) is 0 Å². The van der Waals surface area contributed by atoms with Gasteiger partial charge in [-0.05, 0) is 72.2 Å². The van der Waals surface area contributed by atoms with Crippen molar-refractivity contribution in [2.24, 2.45) is 0 Å². The summed E-state index contributed by atoms with van der Waals surface area (Å²) in [5.74, 6) is 2.86. The molecule has 0 radical (unpaired) electrons. The molecule has 1 nitrogen and oxygen atoms in total. The topological polar surface area (TPSA) is 9.23 Å². The van der Waals surface area contributed by atoms with Gasteiger partial charge in [0.25, 0.3) is 0 Å². The highest BCUT2D eigenvalue weighted by molar-refractivity contribution is 5.42. The zero-order valence-corrected chi connectivity index (χ0v) is 14.0. The Morgan fingerprint density at radius 1 is 0.667 bits per heavy atom. The molecule has 0 amide bonds. The quantitative estimate of drug-likeness (QED) is 0.635. The first kappa shape index (κ1) is 15.6. The van der Waals surface area contributed by atoms with E-state index in [1.807, 2.05) is 0 Å². The fourth-order valence-electron chi connectivity index (χ4n) is 2.74. The van der Waals surface area contributed by atoms with E-state index in [-0.39, 0.29) is 0 Å². The van der Waals surface area contributed by atoms with E-state index < -0.39 is 0 Å². The molecule has 0 aliphatic heterocycles. The van der Waals surface area contributed by atoms with Gasteiger partial charge in [0.15, 0.2) is 0 Å². The maximum Gasteiger partial charge on any atom is 0.127 e. The fourth-order valence-corrected chi connectivity index (χ4v) is 2.74. The molecule has 0 aliphatic carbocycles. The third-order valence-electron chi connectivity index (χ3n) is 3.98. The molecule has 0 aliphatic rings. The smallest absolute Gasteiger partial charge is 0.127 e. The summed E-state index contributed by atoms with van der Waals surface area (Å²) < 4.78 is 6.07. The van der Waals surface area contributed by atoms with Crippen molar-refractivity contribution in [2.75, 3.05) is 0 Å². The van der Waals surface area contributed by atoms with E-state index in [4.69, 9.17) is 4.74 Å². The van der Waals surface area contributed by atoms with Crippen LogP contribution >= 0.6 is 0 Å². The van der Waals surface area contributed by atoms with E-state index in [1.165, 1.54) is 22.3 Å². The molecule has 0 N–H and O–H groups in total. The molecule has 2 aromatic rings. The van der Waals surface area contributed by atoms with Gasteiger partial charge in [-0.2, -0.15) is 0 Å². The van der Waals surface area contributed by atoms with Crippen LogP contribution < -0.4 is 4.74 Å². The number of hydrogen-bond acceptors (Lipinski definition) is 1. The van der Waals surface area contributed by atoms with Gasteiger partial charge in [-0.3, -0.25) is 0 Å². The molecule has 2 rings (SSSR count). The molecule has 0 bridgehead atoms. The van der Waals surface area contributed by atoms with Crippen molar-refractivity contribution in [2.45, 2.75) is 53.4 Å². The molecule has 0 saturated carbocycles. The summed E-state index contributed by atoms with van der Waals surface area (Å²) in [4.78, 5) is 0. The zero-order valence-electron chi connectivity index (χ0n) is 14.0. The Labute approximate surface area is 129 Å². The lowest BCUT2D eigenvalue weighted by molar-refractivity contribution is 0.480. The van der Waals surface area contributed by atoms with Crippen molar-refractivity contribution in [1.29, 1.82) is 0 Å². The second kappa shape index (κ2) is 6.34. The second-order valence-electron chi connectivity index (χ2n) is 6.45. The monoisotopic (exact) mass is 282 g/mol. The van der Waals surface area contributed by atoms with E-state index in [2.05, 4.69) is 77.9 Å². The highest BCUT2D eigenvalue weighted by Crippen LogP contribution is 2.30. The molecule has 0 fully saturated rings. The molecule has 2 aromatic carbocycles. The first-order valence-electron chi connectivity index (χ1n) is 7.77. The predicted molar refractivity (Wildman–Crippen MR) is 90.6 cm³/mol.